The van der Waals surface area contributed by atoms with Crippen LogP contribution in [0, 0.1) is 5.82 Å². The van der Waals surface area contributed by atoms with Crippen molar-refractivity contribution in [1.82, 2.24) is 14.3 Å². The Morgan fingerprint density at radius 1 is 1.04 bits per heavy atom. The number of anilines is 1. The highest BCUT2D eigenvalue weighted by atomic mass is 35.5. The van der Waals surface area contributed by atoms with Crippen molar-refractivity contribution < 1.29 is 9.18 Å². The molecule has 1 N–H and O–H groups in total. The van der Waals surface area contributed by atoms with Gasteiger partial charge in [-0.15, -0.1) is 0 Å². The fourth-order valence-corrected chi connectivity index (χ4v) is 2.96. The van der Waals surface area contributed by atoms with Crippen LogP contribution in [0.1, 0.15) is 10.4 Å². The van der Waals surface area contributed by atoms with Crippen LogP contribution in [0.5, 0.6) is 0 Å². The summed E-state index contributed by atoms with van der Waals surface area (Å²) in [6, 6.07) is 16.7. The third kappa shape index (κ3) is 3.35. The average molecular weight is 381 g/mol. The first-order valence-electron chi connectivity index (χ1n) is 8.16. The lowest BCUT2D eigenvalue weighted by molar-refractivity contribution is 0.102. The van der Waals surface area contributed by atoms with Crippen LogP contribution in [0.15, 0.2) is 79.3 Å². The summed E-state index contributed by atoms with van der Waals surface area (Å²) in [5.41, 5.74) is 1.34. The van der Waals surface area contributed by atoms with Gasteiger partial charge in [0.1, 0.15) is 11.4 Å². The second-order valence-electron chi connectivity index (χ2n) is 5.80. The maximum absolute atomic E-state index is 13.7. The van der Waals surface area contributed by atoms with Crippen molar-refractivity contribution >= 4 is 23.2 Å². The molecule has 134 valence electrons. The van der Waals surface area contributed by atoms with Crippen molar-refractivity contribution in [3.63, 3.8) is 0 Å². The Hall–Kier alpha value is -3.38. The number of amides is 1. The molecule has 1 amide bonds. The second-order valence-corrected chi connectivity index (χ2v) is 6.21. The Labute approximate surface area is 159 Å². The third-order valence-corrected chi connectivity index (χ3v) is 4.34. The molecule has 4 aromatic rings. The first kappa shape index (κ1) is 17.1. The van der Waals surface area contributed by atoms with Gasteiger partial charge in [-0.2, -0.15) is 5.10 Å². The number of nitrogens with one attached hydrogen (secondary N) is 1. The van der Waals surface area contributed by atoms with Crippen molar-refractivity contribution in [3.8, 4) is 11.5 Å². The molecule has 27 heavy (non-hydrogen) atoms. The van der Waals surface area contributed by atoms with Gasteiger partial charge in [0.2, 0.25) is 0 Å². The maximum atomic E-state index is 13.7. The standard InChI is InChI=1S/C20H14ClFN4O/c21-17-8-1-2-9-18(17)24-19(27)16-13-23-26(15-7-5-6-14(22)12-15)20(16)25-10-3-4-11-25/h1-13H,(H,24,27). The van der Waals surface area contributed by atoms with E-state index in [1.807, 2.05) is 12.1 Å². The molecular weight excluding hydrogens is 367 g/mol. The van der Waals surface area contributed by atoms with Crippen LogP contribution >= 0.6 is 11.6 Å². The molecule has 0 aliphatic heterocycles. The van der Waals surface area contributed by atoms with Gasteiger partial charge in [-0.25, -0.2) is 9.07 Å². The van der Waals surface area contributed by atoms with Crippen molar-refractivity contribution in [3.05, 3.63) is 95.7 Å². The van der Waals surface area contributed by atoms with E-state index in [9.17, 15) is 9.18 Å². The second kappa shape index (κ2) is 7.09. The zero-order chi connectivity index (χ0) is 18.8. The Kier molecular flexibility index (Phi) is 4.48. The van der Waals surface area contributed by atoms with Crippen molar-refractivity contribution in [1.29, 1.82) is 0 Å². The van der Waals surface area contributed by atoms with Crippen LogP contribution < -0.4 is 5.32 Å². The first-order valence-corrected chi connectivity index (χ1v) is 8.54. The van der Waals surface area contributed by atoms with Crippen molar-refractivity contribution in [2.24, 2.45) is 0 Å². The number of nitrogens with zero attached hydrogens (tertiary/aromatic N) is 3. The number of hydrogen-bond acceptors (Lipinski definition) is 2. The maximum Gasteiger partial charge on any atom is 0.261 e. The van der Waals surface area contributed by atoms with Gasteiger partial charge in [-0.3, -0.25) is 4.79 Å². The van der Waals surface area contributed by atoms with Gasteiger partial charge >= 0.3 is 0 Å². The Morgan fingerprint density at radius 2 is 1.81 bits per heavy atom. The smallest absolute Gasteiger partial charge is 0.261 e. The highest BCUT2D eigenvalue weighted by Gasteiger charge is 2.20. The van der Waals surface area contributed by atoms with E-state index in [1.165, 1.54) is 23.0 Å². The number of carbonyl (C=O) groups is 1. The number of benzene rings is 2. The van der Waals surface area contributed by atoms with E-state index in [1.54, 1.807) is 53.4 Å². The molecule has 7 heteroatoms. The molecule has 2 aromatic carbocycles. The lowest BCUT2D eigenvalue weighted by Gasteiger charge is -2.12. The summed E-state index contributed by atoms with van der Waals surface area (Å²) in [6.45, 7) is 0. The number of rotatable bonds is 4. The van der Waals surface area contributed by atoms with Crippen molar-refractivity contribution in [2.75, 3.05) is 5.32 Å². The van der Waals surface area contributed by atoms with Gasteiger partial charge in [0.15, 0.2) is 5.82 Å². The van der Waals surface area contributed by atoms with Gasteiger partial charge in [0, 0.05) is 12.4 Å². The van der Waals surface area contributed by atoms with Crippen LogP contribution in [0.4, 0.5) is 10.1 Å². The predicted octanol–water partition coefficient (Wildman–Crippen LogP) is 4.71. The van der Waals surface area contributed by atoms with Gasteiger partial charge in [-0.05, 0) is 42.5 Å². The number of aromatic nitrogens is 3. The van der Waals surface area contributed by atoms with E-state index in [0.29, 0.717) is 27.8 Å². The molecule has 0 bridgehead atoms. The molecule has 0 atom stereocenters. The van der Waals surface area contributed by atoms with Crippen LogP contribution in [0.3, 0.4) is 0 Å². The van der Waals surface area contributed by atoms with E-state index in [2.05, 4.69) is 10.4 Å². The lowest BCUT2D eigenvalue weighted by Crippen LogP contribution is -2.15. The number of carbonyl (C=O) groups excluding carboxylic acids is 1. The molecule has 0 saturated carbocycles. The first-order chi connectivity index (χ1) is 13.1. The molecular formula is C20H14ClFN4O. The van der Waals surface area contributed by atoms with Crippen LogP contribution in [0.2, 0.25) is 5.02 Å². The van der Waals surface area contributed by atoms with E-state index >= 15 is 0 Å². The summed E-state index contributed by atoms with van der Waals surface area (Å²) in [5.74, 6) is -0.256. The summed E-state index contributed by atoms with van der Waals surface area (Å²) in [4.78, 5) is 12.9. The Morgan fingerprint density at radius 3 is 2.56 bits per heavy atom. The highest BCUT2D eigenvalue weighted by Crippen LogP contribution is 2.24. The van der Waals surface area contributed by atoms with Gasteiger partial charge < -0.3 is 9.88 Å². The largest absolute Gasteiger partial charge is 0.320 e. The fourth-order valence-electron chi connectivity index (χ4n) is 2.78. The number of hydrogen-bond donors (Lipinski definition) is 1. The molecule has 0 unspecified atom stereocenters. The van der Waals surface area contributed by atoms with E-state index in [0.717, 1.165) is 0 Å². The van der Waals surface area contributed by atoms with E-state index in [-0.39, 0.29) is 11.7 Å². The van der Waals surface area contributed by atoms with Crippen LogP contribution in [-0.4, -0.2) is 20.3 Å². The van der Waals surface area contributed by atoms with Crippen molar-refractivity contribution in [2.45, 2.75) is 0 Å². The molecule has 5 nitrogen and oxygen atoms in total. The fraction of sp³-hybridized carbons (Fsp3) is 0. The highest BCUT2D eigenvalue weighted by molar-refractivity contribution is 6.33. The minimum absolute atomic E-state index is 0.329. The molecule has 0 fully saturated rings. The Balaban J connectivity index is 1.80. The summed E-state index contributed by atoms with van der Waals surface area (Å²) < 4.78 is 17.0. The molecule has 0 aliphatic carbocycles. The van der Waals surface area contributed by atoms with Crippen LogP contribution in [0.25, 0.3) is 11.5 Å². The Bertz CT molecular complexity index is 1100. The third-order valence-electron chi connectivity index (χ3n) is 4.01. The summed E-state index contributed by atoms with van der Waals surface area (Å²) in [7, 11) is 0. The number of halogens is 2. The zero-order valence-electron chi connectivity index (χ0n) is 14.0. The molecule has 0 radical (unpaired) electrons. The summed E-state index contributed by atoms with van der Waals surface area (Å²) >= 11 is 6.13. The molecule has 2 heterocycles. The molecule has 0 aliphatic rings. The molecule has 0 spiro atoms. The van der Waals surface area contributed by atoms with Crippen LogP contribution in [-0.2, 0) is 0 Å². The monoisotopic (exact) mass is 380 g/mol. The summed E-state index contributed by atoms with van der Waals surface area (Å²) in [5, 5.41) is 7.53. The van der Waals surface area contributed by atoms with E-state index < -0.39 is 0 Å². The minimum Gasteiger partial charge on any atom is -0.320 e. The topological polar surface area (TPSA) is 51.9 Å². The van der Waals surface area contributed by atoms with Gasteiger partial charge in [0.25, 0.3) is 5.91 Å². The normalized spacial score (nSPS) is 10.7. The predicted molar refractivity (Wildman–Crippen MR) is 102 cm³/mol. The summed E-state index contributed by atoms with van der Waals surface area (Å²) in [6.07, 6.45) is 5.03. The SMILES string of the molecule is O=C(Nc1ccccc1Cl)c1cnn(-c2cccc(F)c2)c1-n1cccc1. The zero-order valence-corrected chi connectivity index (χ0v) is 14.8. The number of para-hydroxylation sites is 1. The molecule has 4 rings (SSSR count). The molecule has 0 saturated heterocycles. The average Bonchev–Trinajstić information content (AvgIpc) is 3.32. The molecule has 2 aromatic heterocycles. The van der Waals surface area contributed by atoms with E-state index in [4.69, 9.17) is 11.6 Å². The quantitative estimate of drug-likeness (QED) is 0.557. The van der Waals surface area contributed by atoms with Gasteiger partial charge in [-0.1, -0.05) is 29.8 Å². The lowest BCUT2D eigenvalue weighted by atomic mass is 10.2. The minimum atomic E-state index is -0.386. The van der Waals surface area contributed by atoms with Gasteiger partial charge in [0.05, 0.1) is 22.6 Å².